The molecule has 1 heterocycles. The number of benzene rings is 1. The molecule has 0 aliphatic heterocycles. The number of hydrogen-bond acceptors (Lipinski definition) is 4. The molecule has 0 aliphatic rings. The molecule has 1 aromatic heterocycles. The number of aromatic nitrogens is 1. The first-order valence-corrected chi connectivity index (χ1v) is 7.39. The number of esters is 1. The van der Waals surface area contributed by atoms with Gasteiger partial charge in [-0.2, -0.15) is 0 Å². The molecular weight excluding hydrogens is 313 g/mol. The molecule has 2 aromatic rings. The molecule has 0 aliphatic carbocycles. The summed E-state index contributed by atoms with van der Waals surface area (Å²) in [6.45, 7) is 4.03. The summed E-state index contributed by atoms with van der Waals surface area (Å²) in [6, 6.07) is 5.08. The van der Waals surface area contributed by atoms with Crippen molar-refractivity contribution in [1.29, 1.82) is 0 Å². The largest absolute Gasteiger partial charge is 0.462 e. The van der Waals surface area contributed by atoms with E-state index in [0.717, 1.165) is 12.8 Å². The average Bonchev–Trinajstić information content (AvgIpc) is 2.80. The summed E-state index contributed by atoms with van der Waals surface area (Å²) in [5.41, 5.74) is 1.05. The third kappa shape index (κ3) is 3.39. The Labute approximate surface area is 133 Å². The van der Waals surface area contributed by atoms with Gasteiger partial charge in [-0.3, -0.25) is 0 Å². The molecule has 2 rings (SSSR count). The Hall–Kier alpha value is -1.52. The highest BCUT2D eigenvalue weighted by atomic mass is 35.5. The molecule has 0 unspecified atom stereocenters. The van der Waals surface area contributed by atoms with Crippen LogP contribution >= 0.6 is 23.2 Å². The summed E-state index contributed by atoms with van der Waals surface area (Å²) in [5.74, 6) is -0.101. The van der Waals surface area contributed by atoms with E-state index in [2.05, 4.69) is 5.16 Å². The minimum atomic E-state index is -0.479. The third-order valence-electron chi connectivity index (χ3n) is 3.00. The highest BCUT2D eigenvalue weighted by Crippen LogP contribution is 2.36. The lowest BCUT2D eigenvalue weighted by atomic mass is 10.1. The van der Waals surface area contributed by atoms with E-state index in [0.29, 0.717) is 33.7 Å². The lowest BCUT2D eigenvalue weighted by Gasteiger charge is -2.07. The number of nitrogens with zero attached hydrogens (tertiary/aromatic N) is 1. The van der Waals surface area contributed by atoms with Crippen molar-refractivity contribution in [2.75, 3.05) is 6.61 Å². The van der Waals surface area contributed by atoms with Gasteiger partial charge < -0.3 is 9.26 Å². The second-order valence-electron chi connectivity index (χ2n) is 4.55. The van der Waals surface area contributed by atoms with Crippen LogP contribution in [0.15, 0.2) is 22.7 Å². The zero-order valence-electron chi connectivity index (χ0n) is 11.8. The second-order valence-corrected chi connectivity index (χ2v) is 5.36. The van der Waals surface area contributed by atoms with Gasteiger partial charge in [0, 0.05) is 5.56 Å². The summed E-state index contributed by atoms with van der Waals surface area (Å²) in [5, 5.41) is 4.71. The van der Waals surface area contributed by atoms with E-state index in [9.17, 15) is 4.79 Å². The second kappa shape index (κ2) is 6.96. The van der Waals surface area contributed by atoms with Gasteiger partial charge in [0.25, 0.3) is 0 Å². The van der Waals surface area contributed by atoms with Crippen LogP contribution in [0.25, 0.3) is 11.3 Å². The molecule has 21 heavy (non-hydrogen) atoms. The van der Waals surface area contributed by atoms with E-state index in [-0.39, 0.29) is 5.56 Å². The normalized spacial score (nSPS) is 10.7. The Balaban J connectivity index is 2.41. The lowest BCUT2D eigenvalue weighted by molar-refractivity contribution is 0.0498. The summed E-state index contributed by atoms with van der Waals surface area (Å²) in [6.07, 6.45) is 1.75. The molecule has 0 saturated heterocycles. The Morgan fingerprint density at radius 3 is 2.62 bits per heavy atom. The fourth-order valence-corrected chi connectivity index (χ4v) is 2.47. The van der Waals surface area contributed by atoms with Crippen LogP contribution in [0.2, 0.25) is 10.0 Å². The molecule has 0 amide bonds. The summed E-state index contributed by atoms with van der Waals surface area (Å²) in [7, 11) is 0. The fraction of sp³-hybridized carbons (Fsp3) is 0.333. The van der Waals surface area contributed by atoms with Gasteiger partial charge in [-0.05, 0) is 25.5 Å². The number of rotatable bonds is 5. The number of aryl methyl sites for hydroxylation is 1. The van der Waals surface area contributed by atoms with Crippen LogP contribution in [-0.4, -0.2) is 17.7 Å². The van der Waals surface area contributed by atoms with Gasteiger partial charge in [-0.1, -0.05) is 47.8 Å². The molecule has 112 valence electrons. The fourth-order valence-electron chi connectivity index (χ4n) is 1.89. The third-order valence-corrected chi connectivity index (χ3v) is 3.63. The highest BCUT2D eigenvalue weighted by Gasteiger charge is 2.25. The molecule has 0 radical (unpaired) electrons. The molecule has 0 N–H and O–H groups in total. The van der Waals surface area contributed by atoms with Crippen LogP contribution in [0.1, 0.15) is 35.9 Å². The van der Waals surface area contributed by atoms with Gasteiger partial charge in [0.05, 0.1) is 16.7 Å². The van der Waals surface area contributed by atoms with Gasteiger partial charge in [-0.25, -0.2) is 4.79 Å². The van der Waals surface area contributed by atoms with Crippen molar-refractivity contribution in [3.8, 4) is 11.3 Å². The quantitative estimate of drug-likeness (QED) is 0.578. The van der Waals surface area contributed by atoms with Crippen LogP contribution in [0.3, 0.4) is 0 Å². The summed E-state index contributed by atoms with van der Waals surface area (Å²) < 4.78 is 10.3. The van der Waals surface area contributed by atoms with Crippen LogP contribution in [0, 0.1) is 6.92 Å². The van der Waals surface area contributed by atoms with Gasteiger partial charge in [0.15, 0.2) is 0 Å². The molecule has 0 atom stereocenters. The average molecular weight is 328 g/mol. The zero-order chi connectivity index (χ0) is 15.4. The number of unbranched alkanes of at least 4 members (excludes halogenated alkanes) is 1. The maximum absolute atomic E-state index is 12.2. The predicted molar refractivity (Wildman–Crippen MR) is 81.9 cm³/mol. The zero-order valence-corrected chi connectivity index (χ0v) is 13.3. The maximum Gasteiger partial charge on any atom is 0.344 e. The molecule has 4 nitrogen and oxygen atoms in total. The van der Waals surface area contributed by atoms with Gasteiger partial charge >= 0.3 is 5.97 Å². The molecule has 1 aromatic carbocycles. The van der Waals surface area contributed by atoms with Gasteiger partial charge in [0.1, 0.15) is 17.0 Å². The Kier molecular flexibility index (Phi) is 5.26. The van der Waals surface area contributed by atoms with Crippen molar-refractivity contribution >= 4 is 29.2 Å². The Morgan fingerprint density at radius 2 is 2.00 bits per heavy atom. The van der Waals surface area contributed by atoms with Crippen molar-refractivity contribution in [3.63, 3.8) is 0 Å². The van der Waals surface area contributed by atoms with Gasteiger partial charge in [0.2, 0.25) is 0 Å². The Bertz CT molecular complexity index is 632. The van der Waals surface area contributed by atoms with Crippen molar-refractivity contribution in [2.45, 2.75) is 26.7 Å². The monoisotopic (exact) mass is 327 g/mol. The van der Waals surface area contributed by atoms with E-state index in [1.165, 1.54) is 0 Å². The van der Waals surface area contributed by atoms with Crippen LogP contribution in [-0.2, 0) is 4.74 Å². The van der Waals surface area contributed by atoms with Crippen molar-refractivity contribution in [1.82, 2.24) is 5.16 Å². The first kappa shape index (κ1) is 15.9. The molecule has 6 heteroatoms. The summed E-state index contributed by atoms with van der Waals surface area (Å²) >= 11 is 12.3. The van der Waals surface area contributed by atoms with E-state index in [1.807, 2.05) is 6.92 Å². The minimum absolute atomic E-state index is 0.265. The molecular formula is C15H15Cl2NO3. The van der Waals surface area contributed by atoms with Crippen molar-refractivity contribution in [2.24, 2.45) is 0 Å². The minimum Gasteiger partial charge on any atom is -0.462 e. The first-order valence-electron chi connectivity index (χ1n) is 6.64. The highest BCUT2D eigenvalue weighted by molar-refractivity contribution is 6.39. The van der Waals surface area contributed by atoms with Crippen LogP contribution in [0.5, 0.6) is 0 Å². The number of carbonyl (C=O) groups is 1. The van der Waals surface area contributed by atoms with Crippen LogP contribution < -0.4 is 0 Å². The predicted octanol–water partition coefficient (Wildman–Crippen LogP) is 4.91. The van der Waals surface area contributed by atoms with Crippen molar-refractivity contribution < 1.29 is 14.1 Å². The number of carbonyl (C=O) groups excluding carboxylic acids is 1. The number of ether oxygens (including phenoxy) is 1. The van der Waals surface area contributed by atoms with E-state index >= 15 is 0 Å². The van der Waals surface area contributed by atoms with Crippen LogP contribution in [0.4, 0.5) is 0 Å². The topological polar surface area (TPSA) is 52.3 Å². The maximum atomic E-state index is 12.2. The van der Waals surface area contributed by atoms with E-state index < -0.39 is 5.97 Å². The van der Waals surface area contributed by atoms with Crippen molar-refractivity contribution in [3.05, 3.63) is 39.6 Å². The lowest BCUT2D eigenvalue weighted by Crippen LogP contribution is -2.08. The first-order chi connectivity index (χ1) is 10.1. The number of halogens is 2. The van der Waals surface area contributed by atoms with E-state index in [4.69, 9.17) is 32.5 Å². The summed E-state index contributed by atoms with van der Waals surface area (Å²) in [4.78, 5) is 12.2. The molecule has 0 spiro atoms. The van der Waals surface area contributed by atoms with Gasteiger partial charge in [-0.15, -0.1) is 0 Å². The number of hydrogen-bond donors (Lipinski definition) is 0. The molecule has 0 saturated carbocycles. The smallest absolute Gasteiger partial charge is 0.344 e. The molecule has 0 fully saturated rings. The van der Waals surface area contributed by atoms with E-state index in [1.54, 1.807) is 25.1 Å². The molecule has 0 bridgehead atoms. The SMILES string of the molecule is CCCCOC(=O)c1c(-c2c(Cl)cccc2Cl)noc1C. The standard InChI is InChI=1S/C15H15Cl2NO3/c1-3-4-8-20-15(19)12-9(2)21-18-14(12)13-10(16)6-5-7-11(13)17/h5-7H,3-4,8H2,1-2H3. The Morgan fingerprint density at radius 1 is 1.33 bits per heavy atom.